The summed E-state index contributed by atoms with van der Waals surface area (Å²) in [6, 6.07) is 21.4. The molecule has 1 atom stereocenters. The molecule has 1 aliphatic heterocycles. The van der Waals surface area contributed by atoms with E-state index in [0.29, 0.717) is 27.2 Å². The summed E-state index contributed by atoms with van der Waals surface area (Å²) in [6.07, 6.45) is 1.87. The van der Waals surface area contributed by atoms with Gasteiger partial charge in [-0.05, 0) is 85.2 Å². The van der Waals surface area contributed by atoms with Crippen LogP contribution in [-0.2, 0) is 16.1 Å². The van der Waals surface area contributed by atoms with Crippen molar-refractivity contribution in [2.24, 2.45) is 4.99 Å². The molecule has 6 nitrogen and oxygen atoms in total. The highest BCUT2D eigenvalue weighted by Gasteiger charge is 2.33. The Morgan fingerprint density at radius 3 is 2.52 bits per heavy atom. The summed E-state index contributed by atoms with van der Waals surface area (Å²) in [7, 11) is 0. The zero-order valence-electron chi connectivity index (χ0n) is 22.7. The van der Waals surface area contributed by atoms with E-state index in [1.165, 1.54) is 16.9 Å². The van der Waals surface area contributed by atoms with Gasteiger partial charge in [0.15, 0.2) is 4.80 Å². The number of ether oxygens (including phenoxy) is 2. The number of aromatic nitrogens is 1. The van der Waals surface area contributed by atoms with E-state index >= 15 is 0 Å². The molecule has 5 rings (SSSR count). The van der Waals surface area contributed by atoms with E-state index in [2.05, 4.69) is 46.6 Å². The number of benzene rings is 3. The lowest BCUT2D eigenvalue weighted by molar-refractivity contribution is -0.139. The third-order valence-corrected chi connectivity index (χ3v) is 8.47. The lowest BCUT2D eigenvalue weighted by Gasteiger charge is -2.24. The van der Waals surface area contributed by atoms with Gasteiger partial charge in [-0.3, -0.25) is 9.36 Å². The van der Waals surface area contributed by atoms with Crippen LogP contribution in [0.25, 0.3) is 6.08 Å². The largest absolute Gasteiger partial charge is 0.488 e. The SMILES string of the molecule is CCOC(=O)C1=C(C)N=c2s/c(=C/c3ccc(OCc4cccc(C)c4)c(I)c3)c(=O)n2[C@@H]1c1ccc(C)cc1. The molecule has 0 N–H and O–H groups in total. The minimum absolute atomic E-state index is 0.196. The number of aryl methyl sites for hydroxylation is 2. The first-order valence-corrected chi connectivity index (χ1v) is 14.9. The molecule has 0 radical (unpaired) electrons. The highest BCUT2D eigenvalue weighted by molar-refractivity contribution is 14.1. The molecule has 0 saturated carbocycles. The van der Waals surface area contributed by atoms with Crippen molar-refractivity contribution in [2.45, 2.75) is 40.3 Å². The standard InChI is InChI=1S/C32H29IN2O4S/c1-5-38-31(37)28-21(4)34-32-35(29(28)24-12-9-19(2)10-13-24)30(36)27(40-32)17-22-11-14-26(25(33)16-22)39-18-23-8-6-7-20(3)15-23/h6-17,29H,5,18H2,1-4H3/b27-17+/t29-/m1/s1. The molecule has 3 aromatic carbocycles. The molecular formula is C32H29IN2O4S. The Kier molecular flexibility index (Phi) is 8.37. The van der Waals surface area contributed by atoms with Gasteiger partial charge in [-0.2, -0.15) is 0 Å². The molecule has 0 saturated heterocycles. The number of carbonyl (C=O) groups excluding carboxylic acids is 1. The number of rotatable bonds is 7. The Balaban J connectivity index is 1.52. The third-order valence-electron chi connectivity index (χ3n) is 6.64. The summed E-state index contributed by atoms with van der Waals surface area (Å²) in [5.41, 5.74) is 5.86. The van der Waals surface area contributed by atoms with Crippen molar-refractivity contribution in [1.82, 2.24) is 4.57 Å². The van der Waals surface area contributed by atoms with E-state index in [0.717, 1.165) is 31.6 Å². The van der Waals surface area contributed by atoms with E-state index in [1.807, 2.05) is 67.6 Å². The molecule has 1 aromatic heterocycles. The Hall–Kier alpha value is -3.50. The summed E-state index contributed by atoms with van der Waals surface area (Å²) in [6.45, 7) is 8.35. The van der Waals surface area contributed by atoms with Crippen molar-refractivity contribution in [3.8, 4) is 5.75 Å². The van der Waals surface area contributed by atoms with Crippen LogP contribution < -0.4 is 19.6 Å². The highest BCUT2D eigenvalue weighted by atomic mass is 127. The second-order valence-corrected chi connectivity index (χ2v) is 11.9. The maximum atomic E-state index is 13.8. The maximum absolute atomic E-state index is 13.8. The van der Waals surface area contributed by atoms with Crippen molar-refractivity contribution >= 4 is 46.0 Å². The summed E-state index contributed by atoms with van der Waals surface area (Å²) in [5, 5.41) is 0. The van der Waals surface area contributed by atoms with Crippen molar-refractivity contribution < 1.29 is 14.3 Å². The van der Waals surface area contributed by atoms with Gasteiger partial charge in [0.2, 0.25) is 0 Å². The van der Waals surface area contributed by atoms with Gasteiger partial charge in [-0.1, -0.05) is 77.1 Å². The monoisotopic (exact) mass is 664 g/mol. The summed E-state index contributed by atoms with van der Waals surface area (Å²) >= 11 is 3.57. The van der Waals surface area contributed by atoms with Gasteiger partial charge in [0.25, 0.3) is 5.56 Å². The first kappa shape index (κ1) is 28.0. The number of hydrogen-bond acceptors (Lipinski definition) is 6. The fraction of sp³-hybridized carbons (Fsp3) is 0.219. The van der Waals surface area contributed by atoms with Crippen LogP contribution in [0.3, 0.4) is 0 Å². The van der Waals surface area contributed by atoms with E-state index in [-0.39, 0.29) is 12.2 Å². The molecule has 0 unspecified atom stereocenters. The molecule has 0 spiro atoms. The molecule has 40 heavy (non-hydrogen) atoms. The number of esters is 1. The Morgan fingerprint density at radius 1 is 1.05 bits per heavy atom. The predicted octanol–water partition coefficient (Wildman–Crippen LogP) is 5.60. The van der Waals surface area contributed by atoms with E-state index in [1.54, 1.807) is 18.4 Å². The quantitative estimate of drug-likeness (QED) is 0.191. The number of carbonyl (C=O) groups is 1. The number of allylic oxidation sites excluding steroid dienone is 1. The fourth-order valence-electron chi connectivity index (χ4n) is 4.69. The zero-order valence-corrected chi connectivity index (χ0v) is 25.7. The molecule has 0 aliphatic carbocycles. The normalized spacial score (nSPS) is 15.0. The van der Waals surface area contributed by atoms with Crippen LogP contribution >= 0.6 is 33.9 Å². The second kappa shape index (κ2) is 11.9. The average molecular weight is 665 g/mol. The van der Waals surface area contributed by atoms with Crippen LogP contribution in [0.1, 0.15) is 47.7 Å². The number of fused-ring (bicyclic) bond motifs is 1. The van der Waals surface area contributed by atoms with Gasteiger partial charge in [0, 0.05) is 0 Å². The van der Waals surface area contributed by atoms with Crippen LogP contribution in [0.15, 0.2) is 87.8 Å². The number of thiazole rings is 1. The van der Waals surface area contributed by atoms with Gasteiger partial charge >= 0.3 is 5.97 Å². The molecule has 0 fully saturated rings. The topological polar surface area (TPSA) is 69.9 Å². The Labute approximate surface area is 250 Å². The van der Waals surface area contributed by atoms with Gasteiger partial charge in [0.1, 0.15) is 12.4 Å². The summed E-state index contributed by atoms with van der Waals surface area (Å²) in [4.78, 5) is 32.1. The first-order valence-electron chi connectivity index (χ1n) is 13.0. The van der Waals surface area contributed by atoms with Crippen LogP contribution in [0.2, 0.25) is 0 Å². The second-order valence-electron chi connectivity index (χ2n) is 9.68. The maximum Gasteiger partial charge on any atom is 0.338 e. The molecule has 0 amide bonds. The van der Waals surface area contributed by atoms with Crippen molar-refractivity contribution in [1.29, 1.82) is 0 Å². The van der Waals surface area contributed by atoms with Gasteiger partial charge in [0.05, 0.1) is 32.0 Å². The lowest BCUT2D eigenvalue weighted by Crippen LogP contribution is -2.39. The van der Waals surface area contributed by atoms with Gasteiger partial charge in [-0.25, -0.2) is 9.79 Å². The highest BCUT2D eigenvalue weighted by Crippen LogP contribution is 2.31. The minimum atomic E-state index is -0.615. The lowest BCUT2D eigenvalue weighted by atomic mass is 9.95. The van der Waals surface area contributed by atoms with Gasteiger partial charge in [-0.15, -0.1) is 0 Å². The van der Waals surface area contributed by atoms with E-state index in [9.17, 15) is 9.59 Å². The summed E-state index contributed by atoms with van der Waals surface area (Å²) in [5.74, 6) is 0.328. The minimum Gasteiger partial charge on any atom is -0.488 e. The van der Waals surface area contributed by atoms with Crippen molar-refractivity contribution in [3.63, 3.8) is 0 Å². The molecule has 204 valence electrons. The Morgan fingerprint density at radius 2 is 1.82 bits per heavy atom. The number of halogens is 1. The molecule has 0 bridgehead atoms. The molecule has 4 aromatic rings. The van der Waals surface area contributed by atoms with Crippen LogP contribution in [0.4, 0.5) is 0 Å². The fourth-order valence-corrected chi connectivity index (χ4v) is 6.44. The molecule has 8 heteroatoms. The smallest absolute Gasteiger partial charge is 0.338 e. The van der Waals surface area contributed by atoms with Crippen LogP contribution in [0.5, 0.6) is 5.75 Å². The number of nitrogens with zero attached hydrogens (tertiary/aromatic N) is 2. The number of hydrogen-bond donors (Lipinski definition) is 0. The third kappa shape index (κ3) is 5.83. The van der Waals surface area contributed by atoms with E-state index < -0.39 is 12.0 Å². The molecule has 1 aliphatic rings. The van der Waals surface area contributed by atoms with Crippen LogP contribution in [0, 0.1) is 17.4 Å². The average Bonchev–Trinajstić information content (AvgIpc) is 3.22. The summed E-state index contributed by atoms with van der Waals surface area (Å²) < 4.78 is 14.5. The molecular weight excluding hydrogens is 635 g/mol. The predicted molar refractivity (Wildman–Crippen MR) is 166 cm³/mol. The first-order chi connectivity index (χ1) is 19.2. The van der Waals surface area contributed by atoms with Crippen LogP contribution in [-0.4, -0.2) is 17.1 Å². The van der Waals surface area contributed by atoms with Crippen molar-refractivity contribution in [3.05, 3.63) is 129 Å². The molecule has 2 heterocycles. The zero-order chi connectivity index (χ0) is 28.4. The van der Waals surface area contributed by atoms with Crippen molar-refractivity contribution in [2.75, 3.05) is 6.61 Å². The van der Waals surface area contributed by atoms with Gasteiger partial charge < -0.3 is 9.47 Å². The van der Waals surface area contributed by atoms with E-state index in [4.69, 9.17) is 9.47 Å². The Bertz CT molecular complexity index is 1800.